The van der Waals surface area contributed by atoms with Gasteiger partial charge in [-0.1, -0.05) is 13.8 Å². The maximum absolute atomic E-state index is 11.7. The Hall–Kier alpha value is -0.570. The molecule has 0 saturated carbocycles. The van der Waals surface area contributed by atoms with E-state index >= 15 is 0 Å². The second-order valence-corrected chi connectivity index (χ2v) is 5.90. The summed E-state index contributed by atoms with van der Waals surface area (Å²) in [7, 11) is 0. The Bertz CT molecular complexity index is 228. The molecule has 3 nitrogen and oxygen atoms in total. The molecule has 0 rings (SSSR count). The summed E-state index contributed by atoms with van der Waals surface area (Å²) < 4.78 is 11.1. The lowest BCUT2D eigenvalue weighted by Crippen LogP contribution is -2.30. The van der Waals surface area contributed by atoms with Crippen LogP contribution >= 0.6 is 0 Å². The van der Waals surface area contributed by atoms with E-state index in [1.807, 2.05) is 41.5 Å². The third-order valence-corrected chi connectivity index (χ3v) is 2.39. The summed E-state index contributed by atoms with van der Waals surface area (Å²) in [6.45, 7) is 13.8. The van der Waals surface area contributed by atoms with Gasteiger partial charge in [-0.15, -0.1) is 0 Å². The van der Waals surface area contributed by atoms with Crippen LogP contribution in [0.2, 0.25) is 0 Å². The number of hydrogen-bond acceptors (Lipinski definition) is 3. The Labute approximate surface area is 106 Å². The molecule has 0 aliphatic carbocycles. The third-order valence-electron chi connectivity index (χ3n) is 2.39. The lowest BCUT2D eigenvalue weighted by atomic mass is 9.98. The van der Waals surface area contributed by atoms with Gasteiger partial charge in [0.2, 0.25) is 0 Å². The van der Waals surface area contributed by atoms with Crippen molar-refractivity contribution in [1.29, 1.82) is 0 Å². The van der Waals surface area contributed by atoms with Crippen molar-refractivity contribution < 1.29 is 14.3 Å². The van der Waals surface area contributed by atoms with Crippen LogP contribution in [0.3, 0.4) is 0 Å². The second kappa shape index (κ2) is 7.00. The van der Waals surface area contributed by atoms with Gasteiger partial charge < -0.3 is 9.47 Å². The summed E-state index contributed by atoms with van der Waals surface area (Å²) in [5.41, 5.74) is -0.405. The van der Waals surface area contributed by atoms with Crippen LogP contribution in [0.1, 0.15) is 61.3 Å². The van der Waals surface area contributed by atoms with Gasteiger partial charge >= 0.3 is 5.97 Å². The second-order valence-electron chi connectivity index (χ2n) is 5.90. The summed E-state index contributed by atoms with van der Waals surface area (Å²) in [5.74, 6) is 0.0491. The van der Waals surface area contributed by atoms with Crippen molar-refractivity contribution in [2.45, 2.75) is 79.1 Å². The molecule has 0 aromatic carbocycles. The first-order valence-electron chi connectivity index (χ1n) is 6.53. The van der Waals surface area contributed by atoms with Gasteiger partial charge in [-0.3, -0.25) is 4.79 Å². The van der Waals surface area contributed by atoms with Crippen LogP contribution in [-0.4, -0.2) is 23.8 Å². The SMILES string of the molecule is CCC(OC(C)C)[C@@H](C)CC(=O)OC(C)(C)C. The topological polar surface area (TPSA) is 35.5 Å². The number of carbonyl (C=O) groups excluding carboxylic acids is 1. The minimum absolute atomic E-state index is 0.127. The summed E-state index contributed by atoms with van der Waals surface area (Å²) in [6, 6.07) is 0. The molecule has 0 aromatic rings. The Morgan fingerprint density at radius 2 is 1.71 bits per heavy atom. The van der Waals surface area contributed by atoms with E-state index in [1.165, 1.54) is 0 Å². The first kappa shape index (κ1) is 16.4. The zero-order valence-electron chi connectivity index (χ0n) is 12.4. The van der Waals surface area contributed by atoms with E-state index in [9.17, 15) is 4.79 Å². The monoisotopic (exact) mass is 244 g/mol. The molecule has 0 heterocycles. The fourth-order valence-corrected chi connectivity index (χ4v) is 1.76. The molecular formula is C14H28O3. The van der Waals surface area contributed by atoms with Gasteiger partial charge in [-0.2, -0.15) is 0 Å². The Morgan fingerprint density at radius 3 is 2.06 bits per heavy atom. The molecule has 0 saturated heterocycles. The Balaban J connectivity index is 4.21. The van der Waals surface area contributed by atoms with Crippen molar-refractivity contribution in [3.63, 3.8) is 0 Å². The minimum atomic E-state index is -0.405. The average Bonchev–Trinajstić information content (AvgIpc) is 2.10. The van der Waals surface area contributed by atoms with E-state index in [1.54, 1.807) is 0 Å². The van der Waals surface area contributed by atoms with Crippen molar-refractivity contribution in [2.75, 3.05) is 0 Å². The van der Waals surface area contributed by atoms with Crippen LogP contribution in [0.4, 0.5) is 0 Å². The highest BCUT2D eigenvalue weighted by Crippen LogP contribution is 2.19. The van der Waals surface area contributed by atoms with Crippen molar-refractivity contribution in [2.24, 2.45) is 5.92 Å². The molecule has 1 unspecified atom stereocenters. The summed E-state index contributed by atoms with van der Waals surface area (Å²) in [4.78, 5) is 11.7. The summed E-state index contributed by atoms with van der Waals surface area (Å²) >= 11 is 0. The van der Waals surface area contributed by atoms with Crippen LogP contribution in [0.5, 0.6) is 0 Å². The zero-order valence-corrected chi connectivity index (χ0v) is 12.4. The molecule has 0 radical (unpaired) electrons. The summed E-state index contributed by atoms with van der Waals surface area (Å²) in [6.07, 6.45) is 1.66. The summed E-state index contributed by atoms with van der Waals surface area (Å²) in [5, 5.41) is 0. The lowest BCUT2D eigenvalue weighted by molar-refractivity contribution is -0.157. The van der Waals surface area contributed by atoms with Gasteiger partial charge in [0.15, 0.2) is 0 Å². The maximum atomic E-state index is 11.7. The number of esters is 1. The molecule has 0 aromatic heterocycles. The van der Waals surface area contributed by atoms with E-state index in [0.29, 0.717) is 6.42 Å². The highest BCUT2D eigenvalue weighted by atomic mass is 16.6. The normalized spacial score (nSPS) is 15.8. The number of rotatable bonds is 6. The van der Waals surface area contributed by atoms with Crippen LogP contribution in [0.25, 0.3) is 0 Å². The molecular weight excluding hydrogens is 216 g/mol. The van der Waals surface area contributed by atoms with Gasteiger partial charge in [0.05, 0.1) is 18.6 Å². The van der Waals surface area contributed by atoms with E-state index in [2.05, 4.69) is 6.92 Å². The predicted octanol–water partition coefficient (Wildman–Crippen LogP) is 3.56. The molecule has 3 heteroatoms. The highest BCUT2D eigenvalue weighted by molar-refractivity contribution is 5.70. The van der Waals surface area contributed by atoms with Gasteiger partial charge in [0.1, 0.15) is 5.60 Å². The van der Waals surface area contributed by atoms with Crippen molar-refractivity contribution in [3.05, 3.63) is 0 Å². The van der Waals surface area contributed by atoms with E-state index in [-0.39, 0.29) is 24.1 Å². The van der Waals surface area contributed by atoms with Crippen LogP contribution in [0, 0.1) is 5.92 Å². The van der Waals surface area contributed by atoms with Gasteiger partial charge in [-0.25, -0.2) is 0 Å². The lowest BCUT2D eigenvalue weighted by Gasteiger charge is -2.26. The van der Waals surface area contributed by atoms with E-state index in [0.717, 1.165) is 6.42 Å². The molecule has 2 atom stereocenters. The molecule has 0 N–H and O–H groups in total. The van der Waals surface area contributed by atoms with Gasteiger partial charge in [-0.05, 0) is 47.0 Å². The smallest absolute Gasteiger partial charge is 0.306 e. The molecule has 102 valence electrons. The fraction of sp³-hybridized carbons (Fsp3) is 0.929. The van der Waals surface area contributed by atoms with Crippen molar-refractivity contribution in [3.8, 4) is 0 Å². The molecule has 0 aliphatic rings. The number of hydrogen-bond donors (Lipinski definition) is 0. The number of carbonyl (C=O) groups is 1. The molecule has 17 heavy (non-hydrogen) atoms. The van der Waals surface area contributed by atoms with E-state index < -0.39 is 5.60 Å². The van der Waals surface area contributed by atoms with Crippen molar-refractivity contribution >= 4 is 5.97 Å². The largest absolute Gasteiger partial charge is 0.460 e. The van der Waals surface area contributed by atoms with Gasteiger partial charge in [0, 0.05) is 0 Å². The Morgan fingerprint density at radius 1 is 1.18 bits per heavy atom. The predicted molar refractivity (Wildman–Crippen MR) is 69.9 cm³/mol. The Kier molecular flexibility index (Phi) is 6.76. The zero-order chi connectivity index (χ0) is 13.6. The fourth-order valence-electron chi connectivity index (χ4n) is 1.76. The van der Waals surface area contributed by atoms with Crippen LogP contribution in [0.15, 0.2) is 0 Å². The highest BCUT2D eigenvalue weighted by Gasteiger charge is 2.23. The molecule has 0 spiro atoms. The first-order chi connectivity index (χ1) is 7.65. The molecule has 0 aliphatic heterocycles. The minimum Gasteiger partial charge on any atom is -0.460 e. The number of ether oxygens (including phenoxy) is 2. The van der Waals surface area contributed by atoms with E-state index in [4.69, 9.17) is 9.47 Å². The van der Waals surface area contributed by atoms with Crippen molar-refractivity contribution in [1.82, 2.24) is 0 Å². The maximum Gasteiger partial charge on any atom is 0.306 e. The van der Waals surface area contributed by atoms with Gasteiger partial charge in [0.25, 0.3) is 0 Å². The standard InChI is InChI=1S/C14H28O3/c1-8-12(16-10(2)3)11(4)9-13(15)17-14(5,6)7/h10-12H,8-9H2,1-7H3/t11-,12?/m0/s1. The first-order valence-corrected chi connectivity index (χ1v) is 6.53. The molecule has 0 fully saturated rings. The molecule has 0 bridgehead atoms. The third kappa shape index (κ3) is 8.19. The molecule has 0 amide bonds. The van der Waals surface area contributed by atoms with Crippen LogP contribution in [-0.2, 0) is 14.3 Å². The average molecular weight is 244 g/mol. The van der Waals surface area contributed by atoms with Crippen LogP contribution < -0.4 is 0 Å². The quantitative estimate of drug-likeness (QED) is 0.670.